The molecule has 1 saturated heterocycles. The van der Waals surface area contributed by atoms with Crippen LogP contribution in [0.5, 0.6) is 0 Å². The van der Waals surface area contributed by atoms with Crippen LogP contribution in [-0.4, -0.2) is 19.0 Å². The number of hydrogen-bond acceptors (Lipinski definition) is 3. The fraction of sp³-hybridized carbons (Fsp3) is 0.643. The van der Waals surface area contributed by atoms with E-state index in [4.69, 9.17) is 0 Å². The number of nitrogens with one attached hydrogen (secondary N) is 2. The monoisotopic (exact) mass is 300 g/mol. The molecule has 106 valence electrons. The van der Waals surface area contributed by atoms with Crippen molar-refractivity contribution in [2.24, 2.45) is 11.8 Å². The van der Waals surface area contributed by atoms with Gasteiger partial charge in [-0.15, -0.1) is 23.7 Å². The summed E-state index contributed by atoms with van der Waals surface area (Å²) in [6.45, 7) is 4.03. The summed E-state index contributed by atoms with van der Waals surface area (Å²) in [6, 6.07) is 2.43. The normalized spacial score (nSPS) is 23.7. The molecule has 1 aromatic rings. The van der Waals surface area contributed by atoms with Gasteiger partial charge in [-0.05, 0) is 55.3 Å². The first-order chi connectivity index (χ1) is 8.75. The van der Waals surface area contributed by atoms with Crippen LogP contribution in [0.2, 0.25) is 0 Å². The maximum absolute atomic E-state index is 12.2. The maximum atomic E-state index is 12.2. The predicted octanol–water partition coefficient (Wildman–Crippen LogP) is 2.52. The highest BCUT2D eigenvalue weighted by atomic mass is 35.5. The Kier molecular flexibility index (Phi) is 4.87. The molecule has 2 N–H and O–H groups in total. The fourth-order valence-corrected chi connectivity index (χ4v) is 3.81. The van der Waals surface area contributed by atoms with Crippen LogP contribution >= 0.6 is 23.7 Å². The molecule has 0 radical (unpaired) electrons. The van der Waals surface area contributed by atoms with Gasteiger partial charge in [0.05, 0.1) is 6.04 Å². The maximum Gasteiger partial charge on any atom is 0.223 e. The van der Waals surface area contributed by atoms with Gasteiger partial charge < -0.3 is 10.6 Å². The molecule has 3 rings (SSSR count). The van der Waals surface area contributed by atoms with Gasteiger partial charge in [-0.25, -0.2) is 0 Å². The minimum atomic E-state index is 0. The van der Waals surface area contributed by atoms with Crippen molar-refractivity contribution in [1.82, 2.24) is 10.6 Å². The molecule has 1 aromatic heterocycles. The van der Waals surface area contributed by atoms with Gasteiger partial charge in [-0.1, -0.05) is 6.92 Å². The minimum Gasteiger partial charge on any atom is -0.349 e. The Morgan fingerprint density at radius 3 is 3.00 bits per heavy atom. The van der Waals surface area contributed by atoms with Gasteiger partial charge in [0.15, 0.2) is 0 Å². The number of amides is 1. The zero-order valence-electron chi connectivity index (χ0n) is 11.1. The van der Waals surface area contributed by atoms with E-state index < -0.39 is 0 Å². The topological polar surface area (TPSA) is 41.1 Å². The first-order valence-corrected chi connectivity index (χ1v) is 7.71. The quantitative estimate of drug-likeness (QED) is 0.900. The highest BCUT2D eigenvalue weighted by molar-refractivity contribution is 7.10. The lowest BCUT2D eigenvalue weighted by Gasteiger charge is -2.33. The van der Waals surface area contributed by atoms with Crippen molar-refractivity contribution in [3.63, 3.8) is 0 Å². The van der Waals surface area contributed by atoms with E-state index in [1.54, 1.807) is 0 Å². The second-order valence-corrected chi connectivity index (χ2v) is 6.46. The second-order valence-electron chi connectivity index (χ2n) is 5.46. The predicted molar refractivity (Wildman–Crippen MR) is 80.9 cm³/mol. The van der Waals surface area contributed by atoms with Crippen molar-refractivity contribution >= 4 is 29.7 Å². The summed E-state index contributed by atoms with van der Waals surface area (Å²) in [5.41, 5.74) is 1.36. The van der Waals surface area contributed by atoms with E-state index in [2.05, 4.69) is 29.0 Å². The van der Waals surface area contributed by atoms with E-state index in [1.165, 1.54) is 23.3 Å². The van der Waals surface area contributed by atoms with Crippen LogP contribution in [0.1, 0.15) is 36.2 Å². The van der Waals surface area contributed by atoms with E-state index >= 15 is 0 Å². The van der Waals surface area contributed by atoms with Crippen LogP contribution in [-0.2, 0) is 11.2 Å². The van der Waals surface area contributed by atoms with Crippen LogP contribution < -0.4 is 10.6 Å². The molecule has 1 aliphatic heterocycles. The van der Waals surface area contributed by atoms with E-state index in [1.807, 2.05) is 11.3 Å². The summed E-state index contributed by atoms with van der Waals surface area (Å²) in [7, 11) is 0. The highest BCUT2D eigenvalue weighted by Gasteiger charge is 2.31. The molecule has 2 unspecified atom stereocenters. The lowest BCUT2D eigenvalue weighted by atomic mass is 9.87. The van der Waals surface area contributed by atoms with Crippen LogP contribution in [0.25, 0.3) is 0 Å². The van der Waals surface area contributed by atoms with Crippen molar-refractivity contribution in [2.75, 3.05) is 13.1 Å². The number of fused-ring (bicyclic) bond motifs is 1. The Bertz CT molecular complexity index is 444. The first kappa shape index (κ1) is 14.8. The Morgan fingerprint density at radius 1 is 1.53 bits per heavy atom. The van der Waals surface area contributed by atoms with Gasteiger partial charge in [0, 0.05) is 10.8 Å². The van der Waals surface area contributed by atoms with Crippen molar-refractivity contribution in [1.29, 1.82) is 0 Å². The largest absolute Gasteiger partial charge is 0.349 e. The van der Waals surface area contributed by atoms with Crippen LogP contribution in [0.3, 0.4) is 0 Å². The van der Waals surface area contributed by atoms with Gasteiger partial charge in [-0.2, -0.15) is 0 Å². The molecule has 0 spiro atoms. The van der Waals surface area contributed by atoms with Gasteiger partial charge in [0.2, 0.25) is 5.91 Å². The molecular formula is C14H21ClN2OS. The average Bonchev–Trinajstić information content (AvgIpc) is 2.75. The Balaban J connectivity index is 0.00000133. The van der Waals surface area contributed by atoms with E-state index in [0.29, 0.717) is 5.92 Å². The summed E-state index contributed by atoms with van der Waals surface area (Å²) in [6.07, 6.45) is 3.46. The Morgan fingerprint density at radius 2 is 2.32 bits per heavy atom. The molecule has 1 amide bonds. The molecule has 2 heterocycles. The standard InChI is InChI=1S/C14H20N2OS.ClH/c1-9(10-7-15-8-10)14(17)16-12-3-2-4-13-11(12)5-6-18-13;/h5-6,9-10,12,15H,2-4,7-8H2,1H3,(H,16,17);1H. The fourth-order valence-electron chi connectivity index (χ4n) is 2.82. The first-order valence-electron chi connectivity index (χ1n) is 6.83. The number of aryl methyl sites for hydroxylation is 1. The molecule has 1 aliphatic carbocycles. The molecule has 19 heavy (non-hydrogen) atoms. The van der Waals surface area contributed by atoms with Gasteiger partial charge in [-0.3, -0.25) is 4.79 Å². The summed E-state index contributed by atoms with van der Waals surface area (Å²) in [5, 5.41) is 8.63. The lowest BCUT2D eigenvalue weighted by Crippen LogP contribution is -2.50. The molecule has 3 nitrogen and oxygen atoms in total. The zero-order valence-corrected chi connectivity index (χ0v) is 12.8. The highest BCUT2D eigenvalue weighted by Crippen LogP contribution is 2.33. The molecule has 2 atom stereocenters. The van der Waals surface area contributed by atoms with Crippen LogP contribution in [0.4, 0.5) is 0 Å². The minimum absolute atomic E-state index is 0. The number of carbonyl (C=O) groups excluding carboxylic acids is 1. The molecule has 0 bridgehead atoms. The average molecular weight is 301 g/mol. The molecule has 1 fully saturated rings. The number of thiophene rings is 1. The smallest absolute Gasteiger partial charge is 0.223 e. The van der Waals surface area contributed by atoms with Gasteiger partial charge >= 0.3 is 0 Å². The SMILES string of the molecule is CC(C(=O)NC1CCCc2sccc21)C1CNC1.Cl. The zero-order chi connectivity index (χ0) is 12.5. The van der Waals surface area contributed by atoms with Crippen molar-refractivity contribution in [3.8, 4) is 0 Å². The van der Waals surface area contributed by atoms with Gasteiger partial charge in [0.25, 0.3) is 0 Å². The van der Waals surface area contributed by atoms with Crippen LogP contribution in [0.15, 0.2) is 11.4 Å². The summed E-state index contributed by atoms with van der Waals surface area (Å²) >= 11 is 1.83. The molecule has 5 heteroatoms. The molecule has 0 saturated carbocycles. The Labute approximate surface area is 124 Å². The number of carbonyl (C=O) groups is 1. The number of hydrogen-bond donors (Lipinski definition) is 2. The number of halogens is 1. The summed E-state index contributed by atoms with van der Waals surface area (Å²) in [5.74, 6) is 0.886. The molecule has 0 aromatic carbocycles. The molecule has 2 aliphatic rings. The van der Waals surface area contributed by atoms with Crippen molar-refractivity contribution in [2.45, 2.75) is 32.2 Å². The third kappa shape index (κ3) is 2.96. The van der Waals surface area contributed by atoms with E-state index in [0.717, 1.165) is 19.5 Å². The Hall–Kier alpha value is -0.580. The third-order valence-electron chi connectivity index (χ3n) is 4.30. The van der Waals surface area contributed by atoms with Crippen molar-refractivity contribution in [3.05, 3.63) is 21.9 Å². The summed E-state index contributed by atoms with van der Waals surface area (Å²) < 4.78 is 0. The number of rotatable bonds is 3. The molecular weight excluding hydrogens is 280 g/mol. The summed E-state index contributed by atoms with van der Waals surface area (Å²) in [4.78, 5) is 13.7. The van der Waals surface area contributed by atoms with Gasteiger partial charge in [0.1, 0.15) is 0 Å². The van der Waals surface area contributed by atoms with Crippen LogP contribution in [0, 0.1) is 11.8 Å². The third-order valence-corrected chi connectivity index (χ3v) is 5.30. The van der Waals surface area contributed by atoms with E-state index in [-0.39, 0.29) is 30.3 Å². The lowest BCUT2D eigenvalue weighted by molar-refractivity contribution is -0.127. The van der Waals surface area contributed by atoms with Crippen molar-refractivity contribution < 1.29 is 4.79 Å². The van der Waals surface area contributed by atoms with E-state index in [9.17, 15) is 4.79 Å². The second kappa shape index (κ2) is 6.25.